The summed E-state index contributed by atoms with van der Waals surface area (Å²) in [5, 5.41) is 7.36. The molecule has 0 unspecified atom stereocenters. The van der Waals surface area contributed by atoms with E-state index in [1.54, 1.807) is 6.20 Å². The molecule has 0 aliphatic carbocycles. The summed E-state index contributed by atoms with van der Waals surface area (Å²) in [6.07, 6.45) is 1.60. The first kappa shape index (κ1) is 13.0. The lowest BCUT2D eigenvalue weighted by molar-refractivity contribution is 0.443. The fourth-order valence-electron chi connectivity index (χ4n) is 1.17. The highest BCUT2D eigenvalue weighted by molar-refractivity contribution is 6.32. The third-order valence-electron chi connectivity index (χ3n) is 2.09. The van der Waals surface area contributed by atoms with Crippen LogP contribution in [0, 0.1) is 5.41 Å². The second-order valence-electron chi connectivity index (χ2n) is 4.91. The van der Waals surface area contributed by atoms with Crippen molar-refractivity contribution >= 4 is 17.3 Å². The van der Waals surface area contributed by atoms with E-state index in [2.05, 4.69) is 31.2 Å². The van der Waals surface area contributed by atoms with Crippen LogP contribution in [0.15, 0.2) is 11.0 Å². The van der Waals surface area contributed by atoms with Gasteiger partial charge in [0, 0.05) is 13.1 Å². The van der Waals surface area contributed by atoms with Crippen molar-refractivity contribution < 1.29 is 0 Å². The zero-order valence-corrected chi connectivity index (χ0v) is 10.9. The zero-order chi connectivity index (χ0) is 12.3. The minimum atomic E-state index is -0.247. The Labute approximate surface area is 101 Å². The van der Waals surface area contributed by atoms with E-state index in [1.165, 1.54) is 4.68 Å². The molecule has 0 aliphatic heterocycles. The van der Waals surface area contributed by atoms with Gasteiger partial charge in [-0.15, -0.1) is 0 Å². The van der Waals surface area contributed by atoms with Crippen molar-refractivity contribution in [2.75, 3.05) is 11.9 Å². The highest BCUT2D eigenvalue weighted by atomic mass is 35.5. The molecule has 0 aromatic carbocycles. The summed E-state index contributed by atoms with van der Waals surface area (Å²) in [5.41, 5.74) is 0.484. The van der Waals surface area contributed by atoms with E-state index in [-0.39, 0.29) is 16.0 Å². The zero-order valence-electron chi connectivity index (χ0n) is 10.2. The molecule has 0 saturated carbocycles. The molecular formula is C11H18ClN3O. The van der Waals surface area contributed by atoms with Crippen molar-refractivity contribution in [2.24, 2.45) is 5.41 Å². The summed E-state index contributed by atoms with van der Waals surface area (Å²) >= 11 is 5.97. The van der Waals surface area contributed by atoms with E-state index in [4.69, 9.17) is 11.6 Å². The molecule has 1 N–H and O–H groups in total. The fourth-order valence-corrected chi connectivity index (χ4v) is 1.39. The minimum absolute atomic E-state index is 0.128. The number of rotatable bonds is 3. The number of hydrogen-bond donors (Lipinski definition) is 1. The Bertz CT molecular complexity index is 420. The molecule has 0 bridgehead atoms. The first-order valence-electron chi connectivity index (χ1n) is 5.34. The van der Waals surface area contributed by atoms with Crippen LogP contribution < -0.4 is 10.9 Å². The van der Waals surface area contributed by atoms with Crippen LogP contribution in [0.3, 0.4) is 0 Å². The standard InChI is InChI=1S/C11H18ClN3O/c1-5-15-10(16)9(12)8(6-14-15)13-7-11(2,3)4/h6,13H,5,7H2,1-4H3. The van der Waals surface area contributed by atoms with Crippen LogP contribution in [0.25, 0.3) is 0 Å². The van der Waals surface area contributed by atoms with E-state index in [0.29, 0.717) is 12.2 Å². The van der Waals surface area contributed by atoms with Gasteiger partial charge >= 0.3 is 0 Å². The normalized spacial score (nSPS) is 11.6. The fraction of sp³-hybridized carbons (Fsp3) is 0.636. The number of aryl methyl sites for hydroxylation is 1. The van der Waals surface area contributed by atoms with Crippen LogP contribution in [0.4, 0.5) is 5.69 Å². The van der Waals surface area contributed by atoms with Gasteiger partial charge in [0.05, 0.1) is 11.9 Å². The Morgan fingerprint density at radius 3 is 2.62 bits per heavy atom. The number of halogens is 1. The van der Waals surface area contributed by atoms with Crippen LogP contribution in [-0.4, -0.2) is 16.3 Å². The Balaban J connectivity index is 2.91. The number of nitrogens with zero attached hydrogens (tertiary/aromatic N) is 2. The Kier molecular flexibility index (Phi) is 3.97. The average molecular weight is 244 g/mol. The third kappa shape index (κ3) is 3.23. The first-order chi connectivity index (χ1) is 7.35. The molecule has 0 saturated heterocycles. The van der Waals surface area contributed by atoms with Gasteiger partial charge in [-0.05, 0) is 12.3 Å². The second kappa shape index (κ2) is 4.87. The smallest absolute Gasteiger partial charge is 0.287 e. The van der Waals surface area contributed by atoms with Crippen molar-refractivity contribution in [2.45, 2.75) is 34.2 Å². The topological polar surface area (TPSA) is 46.9 Å². The molecule has 0 aliphatic rings. The highest BCUT2D eigenvalue weighted by Crippen LogP contribution is 2.19. The van der Waals surface area contributed by atoms with Crippen molar-refractivity contribution in [1.29, 1.82) is 0 Å². The van der Waals surface area contributed by atoms with Crippen molar-refractivity contribution in [3.05, 3.63) is 21.6 Å². The van der Waals surface area contributed by atoms with Crippen molar-refractivity contribution in [1.82, 2.24) is 9.78 Å². The van der Waals surface area contributed by atoms with Gasteiger partial charge in [0.2, 0.25) is 0 Å². The molecule has 90 valence electrons. The molecule has 0 radical (unpaired) electrons. The van der Waals surface area contributed by atoms with Crippen LogP contribution in [0.2, 0.25) is 5.02 Å². The maximum Gasteiger partial charge on any atom is 0.287 e. The molecule has 0 fully saturated rings. The molecule has 0 atom stereocenters. The van der Waals surface area contributed by atoms with E-state index < -0.39 is 0 Å². The van der Waals surface area contributed by atoms with Crippen LogP contribution in [0.1, 0.15) is 27.7 Å². The largest absolute Gasteiger partial charge is 0.382 e. The molecular weight excluding hydrogens is 226 g/mol. The lowest BCUT2D eigenvalue weighted by Crippen LogP contribution is -2.25. The lowest BCUT2D eigenvalue weighted by Gasteiger charge is -2.20. The van der Waals surface area contributed by atoms with Gasteiger partial charge in [0.1, 0.15) is 5.02 Å². The predicted octanol–water partition coefficient (Wildman–Crippen LogP) is 2.37. The number of aromatic nitrogens is 2. The van der Waals surface area contributed by atoms with E-state index in [1.807, 2.05) is 6.92 Å². The molecule has 5 heteroatoms. The summed E-state index contributed by atoms with van der Waals surface area (Å²) in [5.74, 6) is 0. The van der Waals surface area contributed by atoms with E-state index in [0.717, 1.165) is 6.54 Å². The molecule has 1 aromatic rings. The Morgan fingerprint density at radius 2 is 2.12 bits per heavy atom. The van der Waals surface area contributed by atoms with Crippen LogP contribution >= 0.6 is 11.6 Å². The minimum Gasteiger partial charge on any atom is -0.382 e. The lowest BCUT2D eigenvalue weighted by atomic mass is 9.97. The summed E-state index contributed by atoms with van der Waals surface area (Å²) in [4.78, 5) is 11.7. The maximum absolute atomic E-state index is 11.7. The van der Waals surface area contributed by atoms with Gasteiger partial charge in [-0.3, -0.25) is 4.79 Å². The van der Waals surface area contributed by atoms with E-state index >= 15 is 0 Å². The number of nitrogens with one attached hydrogen (secondary N) is 1. The highest BCUT2D eigenvalue weighted by Gasteiger charge is 2.13. The first-order valence-corrected chi connectivity index (χ1v) is 5.72. The SMILES string of the molecule is CCn1ncc(NCC(C)(C)C)c(Cl)c1=O. The second-order valence-corrected chi connectivity index (χ2v) is 5.29. The van der Waals surface area contributed by atoms with Gasteiger partial charge in [-0.1, -0.05) is 32.4 Å². The molecule has 0 amide bonds. The summed E-state index contributed by atoms with van der Waals surface area (Å²) in [6, 6.07) is 0. The molecule has 4 nitrogen and oxygen atoms in total. The Hall–Kier alpha value is -1.03. The van der Waals surface area contributed by atoms with E-state index in [9.17, 15) is 4.79 Å². The Morgan fingerprint density at radius 1 is 1.50 bits per heavy atom. The van der Waals surface area contributed by atoms with Gasteiger partial charge in [-0.25, -0.2) is 4.68 Å². The van der Waals surface area contributed by atoms with Gasteiger partial charge in [-0.2, -0.15) is 5.10 Å². The molecule has 1 heterocycles. The molecule has 16 heavy (non-hydrogen) atoms. The predicted molar refractivity (Wildman–Crippen MR) is 67.1 cm³/mol. The van der Waals surface area contributed by atoms with Crippen LogP contribution in [0.5, 0.6) is 0 Å². The molecule has 1 aromatic heterocycles. The van der Waals surface area contributed by atoms with Crippen molar-refractivity contribution in [3.8, 4) is 0 Å². The summed E-state index contributed by atoms with van der Waals surface area (Å²) < 4.78 is 1.34. The summed E-state index contributed by atoms with van der Waals surface area (Å²) in [7, 11) is 0. The molecule has 1 rings (SSSR count). The average Bonchev–Trinajstić information content (AvgIpc) is 2.19. The third-order valence-corrected chi connectivity index (χ3v) is 2.46. The molecule has 0 spiro atoms. The maximum atomic E-state index is 11.7. The number of hydrogen-bond acceptors (Lipinski definition) is 3. The van der Waals surface area contributed by atoms with Gasteiger partial charge < -0.3 is 5.32 Å². The number of anilines is 1. The van der Waals surface area contributed by atoms with Crippen molar-refractivity contribution in [3.63, 3.8) is 0 Å². The monoisotopic (exact) mass is 243 g/mol. The van der Waals surface area contributed by atoms with Gasteiger partial charge in [0.15, 0.2) is 0 Å². The van der Waals surface area contributed by atoms with Gasteiger partial charge in [0.25, 0.3) is 5.56 Å². The summed E-state index contributed by atoms with van der Waals surface area (Å²) in [6.45, 7) is 9.44. The van der Waals surface area contributed by atoms with Crippen LogP contribution in [-0.2, 0) is 6.54 Å². The quantitative estimate of drug-likeness (QED) is 0.887.